The number of carbonyl (C=O) groups is 1. The van der Waals surface area contributed by atoms with E-state index >= 15 is 0 Å². The number of halogens is 1. The molecule has 2 rings (SSSR count). The van der Waals surface area contributed by atoms with Crippen LogP contribution in [0.2, 0.25) is 0 Å². The summed E-state index contributed by atoms with van der Waals surface area (Å²) >= 11 is 4.83. The average Bonchev–Trinajstić information content (AvgIpc) is 2.81. The molecule has 0 spiro atoms. The Balaban J connectivity index is 2.29. The van der Waals surface area contributed by atoms with E-state index in [1.165, 1.54) is 29.5 Å². The molecule has 0 fully saturated rings. The van der Waals surface area contributed by atoms with E-state index in [1.807, 2.05) is 12.1 Å². The molecule has 20 heavy (non-hydrogen) atoms. The van der Waals surface area contributed by atoms with Gasteiger partial charge >= 0.3 is 11.7 Å². The molecule has 0 aliphatic rings. The smallest absolute Gasteiger partial charge is 0.342 e. The van der Waals surface area contributed by atoms with Gasteiger partial charge in [0.2, 0.25) is 0 Å². The second-order valence-corrected chi connectivity index (χ2v) is 6.37. The van der Waals surface area contributed by atoms with Gasteiger partial charge in [0.05, 0.1) is 8.71 Å². The zero-order valence-electron chi connectivity index (χ0n) is 10.00. The number of rotatable bonds is 5. The Morgan fingerprint density at radius 1 is 1.40 bits per heavy atom. The molecular weight excluding hydrogens is 348 g/mol. The molecule has 6 nitrogen and oxygen atoms in total. The summed E-state index contributed by atoms with van der Waals surface area (Å²) in [6.07, 6.45) is 0. The Hall–Kier alpha value is -1.93. The molecule has 0 amide bonds. The first-order valence-electron chi connectivity index (χ1n) is 5.48. The molecule has 1 aromatic carbocycles. The zero-order chi connectivity index (χ0) is 14.7. The lowest BCUT2D eigenvalue weighted by Crippen LogP contribution is -2.07. The Labute approximate surface area is 126 Å². The third-order valence-corrected chi connectivity index (χ3v) is 4.15. The lowest BCUT2D eigenvalue weighted by molar-refractivity contribution is -0.384. The molecule has 0 unspecified atom stereocenters. The van der Waals surface area contributed by atoms with Gasteiger partial charge in [0.1, 0.15) is 11.3 Å². The first kappa shape index (κ1) is 14.5. The fourth-order valence-corrected chi connectivity index (χ4v) is 3.11. The standard InChI is InChI=1S/C12H9BrN2O4S/c13-10-5-4-7(20-10)6-14-9-3-1-2-8(12(16)17)11(9)15(18)19/h1-5,14H,6H2,(H,16,17). The van der Waals surface area contributed by atoms with Crippen LogP contribution in [0, 0.1) is 10.1 Å². The molecule has 1 aromatic heterocycles. The summed E-state index contributed by atoms with van der Waals surface area (Å²) in [6, 6.07) is 7.95. The molecule has 0 aliphatic carbocycles. The molecule has 1 heterocycles. The van der Waals surface area contributed by atoms with Gasteiger partial charge in [-0.3, -0.25) is 10.1 Å². The summed E-state index contributed by atoms with van der Waals surface area (Å²) < 4.78 is 0.961. The fourth-order valence-electron chi connectivity index (χ4n) is 1.68. The Morgan fingerprint density at radius 3 is 2.70 bits per heavy atom. The summed E-state index contributed by atoms with van der Waals surface area (Å²) in [6.45, 7) is 0.389. The van der Waals surface area contributed by atoms with E-state index in [1.54, 1.807) is 0 Å². The number of anilines is 1. The zero-order valence-corrected chi connectivity index (χ0v) is 12.4. The van der Waals surface area contributed by atoms with Crippen molar-refractivity contribution in [3.63, 3.8) is 0 Å². The maximum atomic E-state index is 11.1. The van der Waals surface area contributed by atoms with Crippen LogP contribution in [-0.2, 0) is 6.54 Å². The van der Waals surface area contributed by atoms with Crippen molar-refractivity contribution in [2.45, 2.75) is 6.54 Å². The van der Waals surface area contributed by atoms with Crippen LogP contribution >= 0.6 is 27.3 Å². The Bertz CT molecular complexity index is 671. The van der Waals surface area contributed by atoms with Gasteiger partial charge in [-0.2, -0.15) is 0 Å². The summed E-state index contributed by atoms with van der Waals surface area (Å²) in [4.78, 5) is 22.4. The van der Waals surface area contributed by atoms with Crippen molar-refractivity contribution in [3.8, 4) is 0 Å². The highest BCUT2D eigenvalue weighted by Gasteiger charge is 2.23. The molecule has 104 valence electrons. The third kappa shape index (κ3) is 3.14. The van der Waals surface area contributed by atoms with Gasteiger partial charge in [-0.1, -0.05) is 6.07 Å². The van der Waals surface area contributed by atoms with Crippen LogP contribution < -0.4 is 5.32 Å². The maximum absolute atomic E-state index is 11.1. The molecule has 0 radical (unpaired) electrons. The SMILES string of the molecule is O=C(O)c1cccc(NCc2ccc(Br)s2)c1[N+](=O)[O-]. The molecule has 0 atom stereocenters. The number of hydrogen-bond donors (Lipinski definition) is 2. The number of carboxylic acids is 1. The Kier molecular flexibility index (Phi) is 4.35. The van der Waals surface area contributed by atoms with Crippen molar-refractivity contribution in [2.24, 2.45) is 0 Å². The first-order chi connectivity index (χ1) is 9.49. The lowest BCUT2D eigenvalue weighted by Gasteiger charge is -2.07. The van der Waals surface area contributed by atoms with Crippen LogP contribution in [0.3, 0.4) is 0 Å². The molecule has 2 aromatic rings. The third-order valence-electron chi connectivity index (χ3n) is 2.53. The van der Waals surface area contributed by atoms with E-state index in [0.717, 1.165) is 8.66 Å². The van der Waals surface area contributed by atoms with Crippen LogP contribution in [0.15, 0.2) is 34.1 Å². The van der Waals surface area contributed by atoms with Crippen LogP contribution in [0.4, 0.5) is 11.4 Å². The van der Waals surface area contributed by atoms with Crippen LogP contribution in [0.25, 0.3) is 0 Å². The number of nitrogens with zero attached hydrogens (tertiary/aromatic N) is 1. The minimum atomic E-state index is -1.32. The van der Waals surface area contributed by atoms with Gasteiger partial charge in [-0.25, -0.2) is 4.79 Å². The van der Waals surface area contributed by atoms with E-state index in [9.17, 15) is 14.9 Å². The monoisotopic (exact) mass is 356 g/mol. The number of para-hydroxylation sites is 1. The number of carboxylic acid groups (broad SMARTS) is 1. The number of benzene rings is 1. The van der Waals surface area contributed by atoms with Gasteiger partial charge < -0.3 is 10.4 Å². The molecule has 0 saturated heterocycles. The fraction of sp³-hybridized carbons (Fsp3) is 0.0833. The van der Waals surface area contributed by atoms with Crippen molar-refractivity contribution in [1.82, 2.24) is 0 Å². The van der Waals surface area contributed by atoms with Crippen molar-refractivity contribution in [1.29, 1.82) is 0 Å². The topological polar surface area (TPSA) is 92.5 Å². The van der Waals surface area contributed by atoms with Gasteiger partial charge in [0.15, 0.2) is 0 Å². The van der Waals surface area contributed by atoms with E-state index in [0.29, 0.717) is 6.54 Å². The molecular formula is C12H9BrN2O4S. The highest BCUT2D eigenvalue weighted by atomic mass is 79.9. The van der Waals surface area contributed by atoms with E-state index < -0.39 is 16.6 Å². The molecule has 0 aliphatic heterocycles. The quantitative estimate of drug-likeness (QED) is 0.628. The number of nitrogens with one attached hydrogen (secondary N) is 1. The highest BCUT2D eigenvalue weighted by molar-refractivity contribution is 9.11. The molecule has 2 N–H and O–H groups in total. The lowest BCUT2D eigenvalue weighted by atomic mass is 10.1. The van der Waals surface area contributed by atoms with E-state index in [2.05, 4.69) is 21.2 Å². The minimum absolute atomic E-state index is 0.194. The summed E-state index contributed by atoms with van der Waals surface area (Å²) in [5.74, 6) is -1.32. The number of hydrogen-bond acceptors (Lipinski definition) is 5. The average molecular weight is 357 g/mol. The normalized spacial score (nSPS) is 10.2. The van der Waals surface area contributed by atoms with Crippen molar-refractivity contribution in [2.75, 3.05) is 5.32 Å². The number of nitro groups is 1. The second-order valence-electron chi connectivity index (χ2n) is 3.82. The predicted molar refractivity (Wildman–Crippen MR) is 79.4 cm³/mol. The van der Waals surface area contributed by atoms with Crippen molar-refractivity contribution >= 4 is 44.6 Å². The molecule has 0 saturated carbocycles. The Morgan fingerprint density at radius 2 is 2.15 bits per heavy atom. The highest BCUT2D eigenvalue weighted by Crippen LogP contribution is 2.30. The number of nitro benzene ring substituents is 1. The van der Waals surface area contributed by atoms with Gasteiger partial charge in [0.25, 0.3) is 0 Å². The van der Waals surface area contributed by atoms with E-state index in [-0.39, 0.29) is 11.3 Å². The predicted octanol–water partition coefficient (Wildman–Crippen LogP) is 3.73. The van der Waals surface area contributed by atoms with Gasteiger partial charge in [0, 0.05) is 11.4 Å². The van der Waals surface area contributed by atoms with E-state index in [4.69, 9.17) is 5.11 Å². The molecule has 0 bridgehead atoms. The van der Waals surface area contributed by atoms with Crippen LogP contribution in [0.1, 0.15) is 15.2 Å². The minimum Gasteiger partial charge on any atom is -0.477 e. The second kappa shape index (κ2) is 6.02. The number of aromatic carboxylic acids is 1. The summed E-state index contributed by atoms with van der Waals surface area (Å²) in [5.41, 5.74) is -0.553. The summed E-state index contributed by atoms with van der Waals surface area (Å²) in [7, 11) is 0. The van der Waals surface area contributed by atoms with Crippen molar-refractivity contribution in [3.05, 3.63) is 54.7 Å². The van der Waals surface area contributed by atoms with Crippen molar-refractivity contribution < 1.29 is 14.8 Å². The van der Waals surface area contributed by atoms with Gasteiger partial charge in [-0.15, -0.1) is 11.3 Å². The maximum Gasteiger partial charge on any atom is 0.342 e. The van der Waals surface area contributed by atoms with Gasteiger partial charge in [-0.05, 0) is 40.2 Å². The number of thiophene rings is 1. The molecule has 8 heteroatoms. The first-order valence-corrected chi connectivity index (χ1v) is 7.09. The van der Waals surface area contributed by atoms with Crippen LogP contribution in [-0.4, -0.2) is 16.0 Å². The van der Waals surface area contributed by atoms with Crippen LogP contribution in [0.5, 0.6) is 0 Å². The largest absolute Gasteiger partial charge is 0.477 e. The summed E-state index contributed by atoms with van der Waals surface area (Å²) in [5, 5.41) is 23.0.